The van der Waals surface area contributed by atoms with Gasteiger partial charge in [-0.25, -0.2) is 4.98 Å². The summed E-state index contributed by atoms with van der Waals surface area (Å²) in [6.45, 7) is 1.27. The third-order valence-electron chi connectivity index (χ3n) is 3.67. The van der Waals surface area contributed by atoms with E-state index in [0.29, 0.717) is 34.0 Å². The lowest BCUT2D eigenvalue weighted by atomic mass is 10.1. The van der Waals surface area contributed by atoms with Crippen LogP contribution >= 0.6 is 11.8 Å². The summed E-state index contributed by atoms with van der Waals surface area (Å²) in [7, 11) is 0. The minimum Gasteiger partial charge on any atom is -0.325 e. The Kier molecular flexibility index (Phi) is 5.32. The van der Waals surface area contributed by atoms with E-state index < -0.39 is 11.7 Å². The van der Waals surface area contributed by atoms with Crippen LogP contribution in [0.3, 0.4) is 0 Å². The number of carbonyl (C=O) groups excluding carboxylic acids is 2. The van der Waals surface area contributed by atoms with E-state index in [1.165, 1.54) is 11.5 Å². The van der Waals surface area contributed by atoms with Crippen molar-refractivity contribution in [1.82, 2.24) is 9.55 Å². The van der Waals surface area contributed by atoms with Gasteiger partial charge in [-0.05, 0) is 43.0 Å². The molecule has 1 amide bonds. The van der Waals surface area contributed by atoms with Crippen molar-refractivity contribution in [3.05, 3.63) is 54.1 Å². The number of rotatable bonds is 6. The fourth-order valence-electron chi connectivity index (χ4n) is 2.54. The first-order valence-corrected chi connectivity index (χ1v) is 8.63. The second-order valence-corrected chi connectivity index (χ2v) is 6.49. The van der Waals surface area contributed by atoms with Gasteiger partial charge >= 0.3 is 0 Å². The Morgan fingerprint density at radius 2 is 1.96 bits per heavy atom. The maximum atomic E-state index is 12.8. The highest BCUT2D eigenvalue weighted by molar-refractivity contribution is 7.99. The number of alkyl halides is 2. The van der Waals surface area contributed by atoms with E-state index >= 15 is 0 Å². The summed E-state index contributed by atoms with van der Waals surface area (Å²) in [4.78, 5) is 28.0. The number of thioether (sulfide) groups is 1. The predicted molar refractivity (Wildman–Crippen MR) is 96.7 cm³/mol. The van der Waals surface area contributed by atoms with Crippen molar-refractivity contribution >= 4 is 40.2 Å². The van der Waals surface area contributed by atoms with Crippen LogP contribution in [0, 0.1) is 0 Å². The number of hydrogen-bond donors (Lipinski definition) is 1. The number of para-hydroxylation sites is 2. The highest BCUT2D eigenvalue weighted by Gasteiger charge is 2.18. The summed E-state index contributed by atoms with van der Waals surface area (Å²) in [5.41, 5.74) is 2.09. The summed E-state index contributed by atoms with van der Waals surface area (Å²) in [6, 6.07) is 13.5. The van der Waals surface area contributed by atoms with Crippen LogP contribution in [0.2, 0.25) is 0 Å². The second-order valence-electron chi connectivity index (χ2n) is 5.53. The predicted octanol–water partition coefficient (Wildman–Crippen LogP) is 4.19. The first kappa shape index (κ1) is 18.1. The molecule has 0 saturated heterocycles. The van der Waals surface area contributed by atoms with Gasteiger partial charge in [-0.2, -0.15) is 8.78 Å². The SMILES string of the molecule is CC(=O)c1cccc(NC(=O)Cn2c(SC(F)F)nc3ccccc32)c1. The van der Waals surface area contributed by atoms with Crippen LogP contribution in [0.15, 0.2) is 53.7 Å². The zero-order valence-electron chi connectivity index (χ0n) is 13.8. The van der Waals surface area contributed by atoms with Crippen LogP contribution in [0.5, 0.6) is 0 Å². The smallest absolute Gasteiger partial charge is 0.291 e. The van der Waals surface area contributed by atoms with E-state index in [1.807, 2.05) is 0 Å². The molecule has 5 nitrogen and oxygen atoms in total. The number of amides is 1. The summed E-state index contributed by atoms with van der Waals surface area (Å²) in [6.07, 6.45) is 0. The molecule has 1 heterocycles. The number of hydrogen-bond acceptors (Lipinski definition) is 4. The van der Waals surface area contributed by atoms with Crippen molar-refractivity contribution in [3.63, 3.8) is 0 Å². The molecule has 0 fully saturated rings. The molecule has 0 saturated carbocycles. The molecule has 0 bridgehead atoms. The molecular formula is C18H15F2N3O2S. The Hall–Kier alpha value is -2.74. The monoisotopic (exact) mass is 375 g/mol. The Morgan fingerprint density at radius 3 is 2.69 bits per heavy atom. The van der Waals surface area contributed by atoms with Gasteiger partial charge in [0.15, 0.2) is 10.9 Å². The minimum atomic E-state index is -2.64. The number of aromatic nitrogens is 2. The molecule has 0 spiro atoms. The fraction of sp³-hybridized carbons (Fsp3) is 0.167. The van der Waals surface area contributed by atoms with E-state index in [4.69, 9.17) is 0 Å². The molecule has 3 rings (SSSR count). The third-order valence-corrected chi connectivity index (χ3v) is 4.37. The molecule has 0 unspecified atom stereocenters. The number of Topliss-reactive ketones (excluding diaryl/α,β-unsaturated/α-hetero) is 1. The average molecular weight is 375 g/mol. The van der Waals surface area contributed by atoms with Crippen LogP contribution in [0.25, 0.3) is 11.0 Å². The number of halogens is 2. The van der Waals surface area contributed by atoms with E-state index in [9.17, 15) is 18.4 Å². The van der Waals surface area contributed by atoms with E-state index in [0.717, 1.165) is 0 Å². The van der Waals surface area contributed by atoms with Crippen molar-refractivity contribution in [2.75, 3.05) is 5.32 Å². The van der Waals surface area contributed by atoms with Gasteiger partial charge in [-0.15, -0.1) is 0 Å². The molecule has 1 N–H and O–H groups in total. The van der Waals surface area contributed by atoms with Gasteiger partial charge in [0, 0.05) is 11.3 Å². The number of carbonyl (C=O) groups is 2. The Morgan fingerprint density at radius 1 is 1.19 bits per heavy atom. The molecule has 134 valence electrons. The zero-order valence-corrected chi connectivity index (χ0v) is 14.6. The molecule has 2 aromatic carbocycles. The highest BCUT2D eigenvalue weighted by Crippen LogP contribution is 2.28. The summed E-state index contributed by atoms with van der Waals surface area (Å²) < 4.78 is 27.1. The van der Waals surface area contributed by atoms with Crippen molar-refractivity contribution < 1.29 is 18.4 Å². The Bertz CT molecular complexity index is 972. The number of fused-ring (bicyclic) bond motifs is 1. The van der Waals surface area contributed by atoms with Crippen LogP contribution in [-0.4, -0.2) is 27.0 Å². The van der Waals surface area contributed by atoms with E-state index in [2.05, 4.69) is 10.3 Å². The third kappa shape index (κ3) is 4.08. The number of nitrogens with zero attached hydrogens (tertiary/aromatic N) is 2. The molecule has 3 aromatic rings. The number of anilines is 1. The molecule has 0 aliphatic rings. The topological polar surface area (TPSA) is 64.0 Å². The standard InChI is InChI=1S/C18H15F2N3O2S/c1-11(24)12-5-4-6-13(9-12)21-16(25)10-23-15-8-3-2-7-14(15)22-18(23)26-17(19)20/h2-9,17H,10H2,1H3,(H,21,25). The fourth-order valence-corrected chi connectivity index (χ4v) is 3.14. The average Bonchev–Trinajstić information content (AvgIpc) is 2.91. The van der Waals surface area contributed by atoms with Gasteiger partial charge in [-0.3, -0.25) is 9.59 Å². The largest absolute Gasteiger partial charge is 0.325 e. The van der Waals surface area contributed by atoms with Gasteiger partial charge in [0.1, 0.15) is 6.54 Å². The number of ketones is 1. The van der Waals surface area contributed by atoms with E-state index in [1.54, 1.807) is 48.5 Å². The molecule has 26 heavy (non-hydrogen) atoms. The van der Waals surface area contributed by atoms with E-state index in [-0.39, 0.29) is 17.5 Å². The Labute approximate surface area is 152 Å². The van der Waals surface area contributed by atoms with Crippen LogP contribution in [0.1, 0.15) is 17.3 Å². The normalized spacial score (nSPS) is 11.1. The second kappa shape index (κ2) is 7.65. The lowest BCUT2D eigenvalue weighted by Crippen LogP contribution is -2.19. The molecule has 0 aliphatic carbocycles. The van der Waals surface area contributed by atoms with Crippen LogP contribution < -0.4 is 5.32 Å². The van der Waals surface area contributed by atoms with Crippen LogP contribution in [-0.2, 0) is 11.3 Å². The van der Waals surface area contributed by atoms with Gasteiger partial charge < -0.3 is 9.88 Å². The summed E-state index contributed by atoms with van der Waals surface area (Å²) in [5.74, 6) is -3.15. The first-order valence-electron chi connectivity index (χ1n) is 7.75. The molecule has 0 aliphatic heterocycles. The van der Waals surface area contributed by atoms with Gasteiger partial charge in [0.05, 0.1) is 11.0 Å². The highest BCUT2D eigenvalue weighted by atomic mass is 32.2. The summed E-state index contributed by atoms with van der Waals surface area (Å²) >= 11 is 0.299. The van der Waals surface area contributed by atoms with Crippen molar-refractivity contribution in [2.45, 2.75) is 24.4 Å². The van der Waals surface area contributed by atoms with Gasteiger partial charge in [0.25, 0.3) is 5.76 Å². The van der Waals surface area contributed by atoms with Gasteiger partial charge in [0.2, 0.25) is 5.91 Å². The maximum Gasteiger partial charge on any atom is 0.291 e. The summed E-state index contributed by atoms with van der Waals surface area (Å²) in [5, 5.41) is 2.76. The van der Waals surface area contributed by atoms with Gasteiger partial charge in [-0.1, -0.05) is 24.3 Å². The maximum absolute atomic E-state index is 12.8. The molecule has 8 heteroatoms. The zero-order chi connectivity index (χ0) is 18.7. The number of benzene rings is 2. The number of imidazole rings is 1. The molecule has 0 atom stereocenters. The van der Waals surface area contributed by atoms with Crippen molar-refractivity contribution in [3.8, 4) is 0 Å². The van der Waals surface area contributed by atoms with Crippen molar-refractivity contribution in [2.24, 2.45) is 0 Å². The first-order chi connectivity index (χ1) is 12.4. The molecule has 1 aromatic heterocycles. The quantitative estimate of drug-likeness (QED) is 0.518. The lowest BCUT2D eigenvalue weighted by molar-refractivity contribution is -0.116. The molecular weight excluding hydrogens is 360 g/mol. The lowest BCUT2D eigenvalue weighted by Gasteiger charge is -2.10. The number of nitrogens with one attached hydrogen (secondary N) is 1. The minimum absolute atomic E-state index is 0.0776. The van der Waals surface area contributed by atoms with Crippen LogP contribution in [0.4, 0.5) is 14.5 Å². The van der Waals surface area contributed by atoms with Crippen molar-refractivity contribution in [1.29, 1.82) is 0 Å². The Balaban J connectivity index is 1.85. The molecule has 0 radical (unpaired) electrons.